The normalized spacial score (nSPS) is 19.3. The zero-order valence-electron chi connectivity index (χ0n) is 14.3. The Labute approximate surface area is 150 Å². The van der Waals surface area contributed by atoms with Crippen LogP contribution in [0.2, 0.25) is 0 Å². The van der Waals surface area contributed by atoms with Crippen LogP contribution in [0.25, 0.3) is 0 Å². The van der Waals surface area contributed by atoms with Crippen LogP contribution in [0.5, 0.6) is 0 Å². The van der Waals surface area contributed by atoms with E-state index in [-0.39, 0.29) is 12.8 Å². The summed E-state index contributed by atoms with van der Waals surface area (Å²) in [7, 11) is 0. The number of carbonyl (C=O) groups excluding carboxylic acids is 3. The molecule has 0 aromatic carbocycles. The van der Waals surface area contributed by atoms with Crippen molar-refractivity contribution in [2.45, 2.75) is 50.2 Å². The van der Waals surface area contributed by atoms with E-state index in [9.17, 15) is 24.3 Å². The Balaban J connectivity index is 2.68. The molecular weight excluding hydrogens is 348 g/mol. The summed E-state index contributed by atoms with van der Waals surface area (Å²) < 4.78 is 0. The summed E-state index contributed by atoms with van der Waals surface area (Å²) in [4.78, 5) is 48.3. The summed E-state index contributed by atoms with van der Waals surface area (Å²) in [5.41, 5.74) is 10.8. The molecule has 1 saturated heterocycles. The maximum atomic E-state index is 12.4. The second kappa shape index (κ2) is 10.2. The van der Waals surface area contributed by atoms with Gasteiger partial charge >= 0.3 is 5.97 Å². The van der Waals surface area contributed by atoms with Crippen LogP contribution in [0, 0.1) is 0 Å². The number of hydrogen-bond acceptors (Lipinski definition) is 6. The van der Waals surface area contributed by atoms with E-state index < -0.39 is 41.8 Å². The van der Waals surface area contributed by atoms with E-state index in [1.165, 1.54) is 16.7 Å². The summed E-state index contributed by atoms with van der Waals surface area (Å²) in [5.74, 6) is -1.95. The molecular formula is C15H26N4O5S. The molecule has 0 aliphatic carbocycles. The molecule has 10 heteroatoms. The average Bonchev–Trinajstić information content (AvgIpc) is 3.04. The molecule has 25 heavy (non-hydrogen) atoms. The number of carboxylic acid groups (broad SMARTS) is 1. The third kappa shape index (κ3) is 6.54. The first kappa shape index (κ1) is 21.2. The Morgan fingerprint density at radius 1 is 1.32 bits per heavy atom. The number of amides is 3. The topological polar surface area (TPSA) is 156 Å². The number of primary amides is 1. The molecule has 0 aromatic heterocycles. The highest BCUT2D eigenvalue weighted by atomic mass is 32.2. The van der Waals surface area contributed by atoms with E-state index >= 15 is 0 Å². The fraction of sp³-hybridized carbons (Fsp3) is 0.733. The lowest BCUT2D eigenvalue weighted by Gasteiger charge is -2.27. The van der Waals surface area contributed by atoms with Gasteiger partial charge in [0.2, 0.25) is 17.7 Å². The highest BCUT2D eigenvalue weighted by Gasteiger charge is 2.37. The standard InChI is InChI=1S/C15H26N4O5S/c1-25-8-6-10(15(23)24)18-13(21)11-3-2-7-19(11)14(22)9(16)4-5-12(17)20/h9-11H,2-8,16H2,1H3,(H2,17,20)(H,18,21)(H,23,24). The Morgan fingerprint density at radius 2 is 2.00 bits per heavy atom. The van der Waals surface area contributed by atoms with Crippen molar-refractivity contribution in [2.24, 2.45) is 11.5 Å². The second-order valence-electron chi connectivity index (χ2n) is 5.98. The molecule has 3 atom stereocenters. The minimum absolute atomic E-state index is 0.00657. The Hall–Kier alpha value is -1.81. The number of nitrogens with zero attached hydrogens (tertiary/aromatic N) is 1. The predicted molar refractivity (Wildman–Crippen MR) is 93.7 cm³/mol. The van der Waals surface area contributed by atoms with Crippen molar-refractivity contribution in [3.63, 3.8) is 0 Å². The van der Waals surface area contributed by atoms with Crippen LogP contribution in [0.1, 0.15) is 32.1 Å². The van der Waals surface area contributed by atoms with Crippen molar-refractivity contribution in [1.29, 1.82) is 0 Å². The summed E-state index contributed by atoms with van der Waals surface area (Å²) in [6, 6.07) is -2.63. The summed E-state index contributed by atoms with van der Waals surface area (Å²) in [5, 5.41) is 11.7. The maximum absolute atomic E-state index is 12.4. The molecule has 3 amide bonds. The summed E-state index contributed by atoms with van der Waals surface area (Å²) in [6.07, 6.45) is 3.36. The lowest BCUT2D eigenvalue weighted by atomic mass is 10.1. The van der Waals surface area contributed by atoms with Crippen LogP contribution < -0.4 is 16.8 Å². The van der Waals surface area contributed by atoms with Gasteiger partial charge in [-0.3, -0.25) is 14.4 Å². The largest absolute Gasteiger partial charge is 0.480 e. The molecule has 0 aromatic rings. The number of carboxylic acids is 1. The zero-order valence-corrected chi connectivity index (χ0v) is 15.1. The minimum atomic E-state index is -1.10. The smallest absolute Gasteiger partial charge is 0.326 e. The van der Waals surface area contributed by atoms with Crippen LogP contribution in [0.4, 0.5) is 0 Å². The SMILES string of the molecule is CSCCC(NC(=O)C1CCCN1C(=O)C(N)CCC(N)=O)C(=O)O. The number of thioether (sulfide) groups is 1. The first-order chi connectivity index (χ1) is 11.8. The number of nitrogens with two attached hydrogens (primary N) is 2. The van der Waals surface area contributed by atoms with Gasteiger partial charge in [-0.25, -0.2) is 4.79 Å². The van der Waals surface area contributed by atoms with E-state index in [0.29, 0.717) is 31.6 Å². The van der Waals surface area contributed by atoms with Crippen molar-refractivity contribution < 1.29 is 24.3 Å². The van der Waals surface area contributed by atoms with Crippen molar-refractivity contribution in [1.82, 2.24) is 10.2 Å². The highest BCUT2D eigenvalue weighted by molar-refractivity contribution is 7.98. The third-order valence-electron chi connectivity index (χ3n) is 4.08. The van der Waals surface area contributed by atoms with E-state index in [4.69, 9.17) is 11.5 Å². The number of carbonyl (C=O) groups is 4. The van der Waals surface area contributed by atoms with Gasteiger partial charge in [0.1, 0.15) is 12.1 Å². The quantitative estimate of drug-likeness (QED) is 0.378. The Kier molecular flexibility index (Phi) is 8.70. The fourth-order valence-electron chi connectivity index (χ4n) is 2.70. The minimum Gasteiger partial charge on any atom is -0.480 e. The van der Waals surface area contributed by atoms with Gasteiger partial charge in [-0.2, -0.15) is 11.8 Å². The van der Waals surface area contributed by atoms with Crippen molar-refractivity contribution in [2.75, 3.05) is 18.6 Å². The first-order valence-electron chi connectivity index (χ1n) is 8.14. The monoisotopic (exact) mass is 374 g/mol. The van der Waals surface area contributed by atoms with Gasteiger partial charge < -0.3 is 26.8 Å². The van der Waals surface area contributed by atoms with E-state index in [1.807, 2.05) is 6.26 Å². The van der Waals surface area contributed by atoms with Crippen LogP contribution in [0.3, 0.4) is 0 Å². The van der Waals surface area contributed by atoms with E-state index in [2.05, 4.69) is 5.32 Å². The number of nitrogens with one attached hydrogen (secondary N) is 1. The number of hydrogen-bond donors (Lipinski definition) is 4. The van der Waals surface area contributed by atoms with E-state index in [0.717, 1.165) is 0 Å². The van der Waals surface area contributed by atoms with Crippen LogP contribution >= 0.6 is 11.8 Å². The third-order valence-corrected chi connectivity index (χ3v) is 4.73. The zero-order chi connectivity index (χ0) is 19.0. The number of rotatable bonds is 10. The van der Waals surface area contributed by atoms with Crippen LogP contribution in [0.15, 0.2) is 0 Å². The molecule has 0 saturated carbocycles. The van der Waals surface area contributed by atoms with Gasteiger partial charge in [0.25, 0.3) is 0 Å². The molecule has 0 spiro atoms. The molecule has 1 heterocycles. The van der Waals surface area contributed by atoms with Gasteiger partial charge in [-0.15, -0.1) is 0 Å². The molecule has 1 rings (SSSR count). The summed E-state index contributed by atoms with van der Waals surface area (Å²) in [6.45, 7) is 0.379. The highest BCUT2D eigenvalue weighted by Crippen LogP contribution is 2.19. The molecule has 1 aliphatic heterocycles. The fourth-order valence-corrected chi connectivity index (χ4v) is 3.17. The van der Waals surface area contributed by atoms with E-state index in [1.54, 1.807) is 0 Å². The Bertz CT molecular complexity index is 516. The van der Waals surface area contributed by atoms with Gasteiger partial charge in [-0.05, 0) is 37.7 Å². The van der Waals surface area contributed by atoms with Gasteiger partial charge in [-0.1, -0.05) is 0 Å². The molecule has 9 nitrogen and oxygen atoms in total. The lowest BCUT2D eigenvalue weighted by Crippen LogP contribution is -2.54. The maximum Gasteiger partial charge on any atom is 0.326 e. The molecule has 0 bridgehead atoms. The van der Waals surface area contributed by atoms with Crippen LogP contribution in [-0.4, -0.2) is 70.4 Å². The van der Waals surface area contributed by atoms with Crippen molar-refractivity contribution in [3.05, 3.63) is 0 Å². The molecule has 6 N–H and O–H groups in total. The average molecular weight is 374 g/mol. The molecule has 142 valence electrons. The van der Waals surface area contributed by atoms with Crippen LogP contribution in [-0.2, 0) is 19.2 Å². The lowest BCUT2D eigenvalue weighted by molar-refractivity contribution is -0.144. The molecule has 0 radical (unpaired) electrons. The second-order valence-corrected chi connectivity index (χ2v) is 6.97. The molecule has 3 unspecified atom stereocenters. The molecule has 1 aliphatic rings. The van der Waals surface area contributed by atoms with Gasteiger partial charge in [0.15, 0.2) is 0 Å². The summed E-state index contributed by atoms with van der Waals surface area (Å²) >= 11 is 1.49. The first-order valence-corrected chi connectivity index (χ1v) is 9.53. The predicted octanol–water partition coefficient (Wildman–Crippen LogP) is -1.11. The Morgan fingerprint density at radius 3 is 2.56 bits per heavy atom. The molecule has 1 fully saturated rings. The number of aliphatic carboxylic acids is 1. The van der Waals surface area contributed by atoms with Crippen molar-refractivity contribution >= 4 is 35.5 Å². The van der Waals surface area contributed by atoms with Gasteiger partial charge in [0, 0.05) is 13.0 Å². The van der Waals surface area contributed by atoms with Crippen molar-refractivity contribution in [3.8, 4) is 0 Å². The number of likely N-dealkylation sites (tertiary alicyclic amines) is 1. The van der Waals surface area contributed by atoms with Gasteiger partial charge in [0.05, 0.1) is 6.04 Å².